The fraction of sp³-hybridized carbons (Fsp3) is 0.643. The topological polar surface area (TPSA) is 68.3 Å². The van der Waals surface area contributed by atoms with Crippen molar-refractivity contribution in [2.24, 2.45) is 11.7 Å². The summed E-state index contributed by atoms with van der Waals surface area (Å²) in [5.74, 6) is 1.10. The number of carbonyl (C=O) groups is 1. The average molecular weight is 250 g/mol. The van der Waals surface area contributed by atoms with Crippen LogP contribution >= 0.6 is 0 Å². The van der Waals surface area contributed by atoms with E-state index in [0.717, 1.165) is 25.0 Å². The highest BCUT2D eigenvalue weighted by molar-refractivity contribution is 5.94. The second-order valence-corrected chi connectivity index (χ2v) is 5.41. The molecule has 0 bridgehead atoms. The standard InChI is InChI=1S/C14H22N2O2/c1-10-5-3-4-6-14(10,9-15)16-13(17)12-7-11(2)18-8-12/h7-8,10H,3-6,9,15H2,1-2H3,(H,16,17). The molecule has 2 rings (SSSR count). The lowest BCUT2D eigenvalue weighted by Gasteiger charge is -2.42. The van der Waals surface area contributed by atoms with Crippen molar-refractivity contribution in [3.05, 3.63) is 23.7 Å². The van der Waals surface area contributed by atoms with Gasteiger partial charge in [-0.3, -0.25) is 4.79 Å². The van der Waals surface area contributed by atoms with Gasteiger partial charge in [0.05, 0.1) is 11.1 Å². The summed E-state index contributed by atoms with van der Waals surface area (Å²) in [5, 5.41) is 3.14. The molecule has 0 aliphatic heterocycles. The summed E-state index contributed by atoms with van der Waals surface area (Å²) in [6.07, 6.45) is 5.95. The fourth-order valence-electron chi connectivity index (χ4n) is 2.81. The first-order chi connectivity index (χ1) is 8.57. The summed E-state index contributed by atoms with van der Waals surface area (Å²) >= 11 is 0. The number of hydrogen-bond acceptors (Lipinski definition) is 3. The third-order valence-electron chi connectivity index (χ3n) is 4.17. The molecule has 1 saturated carbocycles. The molecule has 3 N–H and O–H groups in total. The Morgan fingerprint density at radius 3 is 2.94 bits per heavy atom. The fourth-order valence-corrected chi connectivity index (χ4v) is 2.81. The molecule has 1 aliphatic rings. The zero-order valence-electron chi connectivity index (χ0n) is 11.2. The molecule has 1 fully saturated rings. The van der Waals surface area contributed by atoms with E-state index in [1.165, 1.54) is 12.7 Å². The van der Waals surface area contributed by atoms with Gasteiger partial charge in [0.15, 0.2) is 0 Å². The largest absolute Gasteiger partial charge is 0.469 e. The minimum absolute atomic E-state index is 0.0777. The second-order valence-electron chi connectivity index (χ2n) is 5.41. The van der Waals surface area contributed by atoms with Gasteiger partial charge >= 0.3 is 0 Å². The molecule has 4 nitrogen and oxygen atoms in total. The van der Waals surface area contributed by atoms with Crippen LogP contribution < -0.4 is 11.1 Å². The van der Waals surface area contributed by atoms with Crippen LogP contribution in [0.1, 0.15) is 48.7 Å². The first kappa shape index (κ1) is 13.1. The lowest BCUT2D eigenvalue weighted by Crippen LogP contribution is -2.59. The van der Waals surface area contributed by atoms with Crippen LogP contribution in [0.15, 0.2) is 16.7 Å². The van der Waals surface area contributed by atoms with E-state index in [2.05, 4.69) is 12.2 Å². The van der Waals surface area contributed by atoms with Gasteiger partial charge in [-0.1, -0.05) is 19.8 Å². The number of nitrogens with two attached hydrogens (primary N) is 1. The quantitative estimate of drug-likeness (QED) is 0.864. The lowest BCUT2D eigenvalue weighted by atomic mass is 9.73. The average Bonchev–Trinajstić information content (AvgIpc) is 2.79. The number of amides is 1. The van der Waals surface area contributed by atoms with Crippen LogP contribution in [-0.4, -0.2) is 18.0 Å². The number of rotatable bonds is 3. The monoisotopic (exact) mass is 250 g/mol. The molecule has 0 radical (unpaired) electrons. The second kappa shape index (κ2) is 5.14. The van der Waals surface area contributed by atoms with E-state index in [1.807, 2.05) is 6.92 Å². The Balaban J connectivity index is 2.12. The van der Waals surface area contributed by atoms with Crippen LogP contribution in [0, 0.1) is 12.8 Å². The normalized spacial score (nSPS) is 28.1. The summed E-state index contributed by atoms with van der Waals surface area (Å²) in [6.45, 7) is 4.50. The molecule has 1 heterocycles. The smallest absolute Gasteiger partial charge is 0.255 e. The van der Waals surface area contributed by atoms with E-state index in [9.17, 15) is 4.79 Å². The molecule has 4 heteroatoms. The van der Waals surface area contributed by atoms with Crippen LogP contribution in [-0.2, 0) is 0 Å². The first-order valence-corrected chi connectivity index (χ1v) is 6.65. The Morgan fingerprint density at radius 1 is 1.61 bits per heavy atom. The molecule has 1 amide bonds. The maximum Gasteiger partial charge on any atom is 0.255 e. The maximum atomic E-state index is 12.2. The molecule has 0 spiro atoms. The van der Waals surface area contributed by atoms with Gasteiger partial charge in [-0.05, 0) is 31.7 Å². The summed E-state index contributed by atoms with van der Waals surface area (Å²) in [7, 11) is 0. The number of aryl methyl sites for hydroxylation is 1. The van der Waals surface area contributed by atoms with Crippen LogP contribution in [0.25, 0.3) is 0 Å². The lowest BCUT2D eigenvalue weighted by molar-refractivity contribution is 0.0812. The molecular formula is C14H22N2O2. The van der Waals surface area contributed by atoms with Crippen LogP contribution in [0.2, 0.25) is 0 Å². The minimum atomic E-state index is -0.249. The number of furan rings is 1. The summed E-state index contributed by atoms with van der Waals surface area (Å²) in [5.41, 5.74) is 6.25. The highest BCUT2D eigenvalue weighted by Gasteiger charge is 2.38. The predicted molar refractivity (Wildman–Crippen MR) is 70.3 cm³/mol. The summed E-state index contributed by atoms with van der Waals surface area (Å²) in [6, 6.07) is 1.76. The maximum absolute atomic E-state index is 12.2. The highest BCUT2D eigenvalue weighted by Crippen LogP contribution is 2.33. The van der Waals surface area contributed by atoms with E-state index in [1.54, 1.807) is 6.07 Å². The van der Waals surface area contributed by atoms with Crippen LogP contribution in [0.5, 0.6) is 0 Å². The van der Waals surface area contributed by atoms with E-state index in [-0.39, 0.29) is 11.4 Å². The van der Waals surface area contributed by atoms with Gasteiger partial charge < -0.3 is 15.5 Å². The van der Waals surface area contributed by atoms with Crippen LogP contribution in [0.4, 0.5) is 0 Å². The van der Waals surface area contributed by atoms with Crippen LogP contribution in [0.3, 0.4) is 0 Å². The van der Waals surface area contributed by atoms with E-state index >= 15 is 0 Å². The van der Waals surface area contributed by atoms with E-state index in [0.29, 0.717) is 18.0 Å². The zero-order valence-corrected chi connectivity index (χ0v) is 11.2. The Labute approximate surface area is 108 Å². The number of carbonyl (C=O) groups excluding carboxylic acids is 1. The Kier molecular flexibility index (Phi) is 3.76. The third-order valence-corrected chi connectivity index (χ3v) is 4.17. The SMILES string of the molecule is Cc1cc(C(=O)NC2(CN)CCCCC2C)co1. The van der Waals surface area contributed by atoms with E-state index < -0.39 is 0 Å². The molecule has 2 atom stereocenters. The van der Waals surface area contributed by atoms with Crippen molar-refractivity contribution in [1.29, 1.82) is 0 Å². The molecule has 18 heavy (non-hydrogen) atoms. The Bertz CT molecular complexity index is 427. The minimum Gasteiger partial charge on any atom is -0.469 e. The van der Waals surface area contributed by atoms with Crippen molar-refractivity contribution in [3.63, 3.8) is 0 Å². The van der Waals surface area contributed by atoms with Gasteiger partial charge in [0.25, 0.3) is 5.91 Å². The summed E-state index contributed by atoms with van der Waals surface area (Å²) < 4.78 is 5.18. The molecule has 1 aromatic heterocycles. The Morgan fingerprint density at radius 2 is 2.39 bits per heavy atom. The van der Waals surface area contributed by atoms with Gasteiger partial charge in [-0.15, -0.1) is 0 Å². The zero-order chi connectivity index (χ0) is 13.2. The molecule has 100 valence electrons. The first-order valence-electron chi connectivity index (χ1n) is 6.65. The van der Waals surface area contributed by atoms with Crippen molar-refractivity contribution in [3.8, 4) is 0 Å². The van der Waals surface area contributed by atoms with Gasteiger partial charge in [-0.2, -0.15) is 0 Å². The highest BCUT2D eigenvalue weighted by atomic mass is 16.3. The van der Waals surface area contributed by atoms with Crippen molar-refractivity contribution in [2.75, 3.05) is 6.54 Å². The molecule has 1 aliphatic carbocycles. The third kappa shape index (κ3) is 2.43. The molecule has 2 unspecified atom stereocenters. The Hall–Kier alpha value is -1.29. The van der Waals surface area contributed by atoms with Crippen molar-refractivity contribution >= 4 is 5.91 Å². The summed E-state index contributed by atoms with van der Waals surface area (Å²) in [4.78, 5) is 12.2. The van der Waals surface area contributed by atoms with Crippen molar-refractivity contribution in [2.45, 2.75) is 45.1 Å². The van der Waals surface area contributed by atoms with Gasteiger partial charge in [-0.25, -0.2) is 0 Å². The number of nitrogens with one attached hydrogen (secondary N) is 1. The molecule has 0 aromatic carbocycles. The van der Waals surface area contributed by atoms with Gasteiger partial charge in [0.2, 0.25) is 0 Å². The van der Waals surface area contributed by atoms with Gasteiger partial charge in [0.1, 0.15) is 12.0 Å². The predicted octanol–water partition coefficient (Wildman–Crippen LogP) is 2.23. The molecular weight excluding hydrogens is 228 g/mol. The van der Waals surface area contributed by atoms with Gasteiger partial charge in [0, 0.05) is 6.54 Å². The van der Waals surface area contributed by atoms with E-state index in [4.69, 9.17) is 10.2 Å². The van der Waals surface area contributed by atoms with Crippen molar-refractivity contribution in [1.82, 2.24) is 5.32 Å². The molecule has 0 saturated heterocycles. The molecule has 1 aromatic rings. The number of hydrogen-bond donors (Lipinski definition) is 2. The van der Waals surface area contributed by atoms with Crippen molar-refractivity contribution < 1.29 is 9.21 Å².